The number of halogens is 2. The zero-order chi connectivity index (χ0) is 23.8. The monoisotopic (exact) mass is 491 g/mol. The van der Waals surface area contributed by atoms with Crippen LogP contribution in [0.4, 0.5) is 5.69 Å². The minimum Gasteiger partial charge on any atom is -0.490 e. The van der Waals surface area contributed by atoms with Gasteiger partial charge < -0.3 is 14.2 Å². The van der Waals surface area contributed by atoms with Crippen LogP contribution in [0.3, 0.4) is 0 Å². The molecule has 0 atom stereocenters. The molecule has 0 saturated carbocycles. The molecule has 4 rings (SSSR count). The van der Waals surface area contributed by atoms with Crippen molar-refractivity contribution in [2.75, 3.05) is 6.61 Å². The first kappa shape index (κ1) is 23.7. The number of para-hydroxylation sites is 1. The van der Waals surface area contributed by atoms with E-state index in [9.17, 15) is 0 Å². The van der Waals surface area contributed by atoms with Gasteiger partial charge in [0.2, 0.25) is 0 Å². The van der Waals surface area contributed by atoms with Gasteiger partial charge in [-0.2, -0.15) is 0 Å². The summed E-state index contributed by atoms with van der Waals surface area (Å²) in [5.74, 6) is 2.58. The average molecular weight is 492 g/mol. The van der Waals surface area contributed by atoms with Gasteiger partial charge in [0.1, 0.15) is 18.1 Å². The normalized spacial score (nSPS) is 10.9. The lowest BCUT2D eigenvalue weighted by Crippen LogP contribution is -2.01. The van der Waals surface area contributed by atoms with E-state index >= 15 is 0 Å². The highest BCUT2D eigenvalue weighted by Gasteiger charge is 2.13. The molecule has 0 amide bonds. The van der Waals surface area contributed by atoms with Crippen LogP contribution in [0.2, 0.25) is 10.0 Å². The number of nitrogens with zero attached hydrogens (tertiary/aromatic N) is 1. The zero-order valence-electron chi connectivity index (χ0n) is 18.6. The topological polar surface area (TPSA) is 40.0 Å². The van der Waals surface area contributed by atoms with Gasteiger partial charge in [0.05, 0.1) is 17.3 Å². The first-order valence-electron chi connectivity index (χ1n) is 10.8. The lowest BCUT2D eigenvalue weighted by molar-refractivity contribution is 0.269. The van der Waals surface area contributed by atoms with Crippen LogP contribution in [-0.2, 0) is 6.61 Å². The maximum absolute atomic E-state index is 6.54. The number of ether oxygens (including phenoxy) is 3. The second-order valence-electron chi connectivity index (χ2n) is 7.35. The van der Waals surface area contributed by atoms with Crippen molar-refractivity contribution in [1.82, 2.24) is 0 Å². The van der Waals surface area contributed by atoms with Crippen LogP contribution >= 0.6 is 23.2 Å². The maximum atomic E-state index is 6.54. The van der Waals surface area contributed by atoms with Crippen LogP contribution < -0.4 is 14.2 Å². The van der Waals surface area contributed by atoms with Crippen molar-refractivity contribution in [3.8, 4) is 23.0 Å². The van der Waals surface area contributed by atoms with Crippen LogP contribution in [0.15, 0.2) is 96.0 Å². The minimum absolute atomic E-state index is 0.325. The molecular weight excluding hydrogens is 469 g/mol. The van der Waals surface area contributed by atoms with E-state index in [1.54, 1.807) is 12.3 Å². The third-order valence-corrected chi connectivity index (χ3v) is 5.30. The van der Waals surface area contributed by atoms with Gasteiger partial charge >= 0.3 is 0 Å². The predicted octanol–water partition coefficient (Wildman–Crippen LogP) is 8.51. The molecule has 34 heavy (non-hydrogen) atoms. The largest absolute Gasteiger partial charge is 0.490 e. The van der Waals surface area contributed by atoms with Gasteiger partial charge in [-0.05, 0) is 78.7 Å². The first-order chi connectivity index (χ1) is 16.6. The Labute approximate surface area is 209 Å². The molecule has 0 spiro atoms. The molecule has 6 heteroatoms. The molecule has 0 N–H and O–H groups in total. The smallest absolute Gasteiger partial charge is 0.180 e. The number of hydrogen-bond acceptors (Lipinski definition) is 4. The summed E-state index contributed by atoms with van der Waals surface area (Å²) in [5, 5.41) is 1.10. The van der Waals surface area contributed by atoms with Crippen LogP contribution in [0, 0.1) is 0 Å². The molecule has 0 aliphatic rings. The molecule has 0 aliphatic carbocycles. The molecule has 0 bridgehead atoms. The Morgan fingerprint density at radius 2 is 1.56 bits per heavy atom. The summed E-state index contributed by atoms with van der Waals surface area (Å²) in [5.41, 5.74) is 2.53. The quantitative estimate of drug-likeness (QED) is 0.220. The van der Waals surface area contributed by atoms with Gasteiger partial charge in [-0.15, -0.1) is 0 Å². The Balaban J connectivity index is 1.47. The standard InChI is InChI=1S/C28H23Cl2NO3/c1-2-32-27-17-21(16-26(30)28(27)33-19-20-7-6-8-22(29)15-20)18-31-23-11-13-25(14-12-23)34-24-9-4-3-5-10-24/h3-18H,2,19H2,1H3. The molecule has 0 aromatic heterocycles. The molecule has 4 nitrogen and oxygen atoms in total. The van der Waals surface area contributed by atoms with E-state index in [0.717, 1.165) is 28.3 Å². The molecule has 172 valence electrons. The highest BCUT2D eigenvalue weighted by molar-refractivity contribution is 6.32. The fraction of sp³-hybridized carbons (Fsp3) is 0.107. The molecular formula is C28H23Cl2NO3. The van der Waals surface area contributed by atoms with E-state index < -0.39 is 0 Å². The SMILES string of the molecule is CCOc1cc(C=Nc2ccc(Oc3ccccc3)cc2)cc(Cl)c1OCc1cccc(Cl)c1. The number of aliphatic imine (C=N–C) groups is 1. The molecule has 4 aromatic carbocycles. The number of hydrogen-bond donors (Lipinski definition) is 0. The summed E-state index contributed by atoms with van der Waals surface area (Å²) in [6.07, 6.45) is 1.74. The Bertz CT molecular complexity index is 1260. The van der Waals surface area contributed by atoms with Crippen molar-refractivity contribution in [3.05, 3.63) is 112 Å². The van der Waals surface area contributed by atoms with E-state index in [-0.39, 0.29) is 0 Å². The summed E-state index contributed by atoms with van der Waals surface area (Å²) in [6.45, 7) is 2.72. The van der Waals surface area contributed by atoms with Crippen molar-refractivity contribution in [2.45, 2.75) is 13.5 Å². The van der Waals surface area contributed by atoms with Crippen LogP contribution in [-0.4, -0.2) is 12.8 Å². The fourth-order valence-corrected chi connectivity index (χ4v) is 3.71. The third kappa shape index (κ3) is 6.53. The second kappa shape index (κ2) is 11.6. The van der Waals surface area contributed by atoms with Gasteiger partial charge in [-0.3, -0.25) is 4.99 Å². The molecule has 0 aliphatic heterocycles. The lowest BCUT2D eigenvalue weighted by Gasteiger charge is -2.14. The van der Waals surface area contributed by atoms with E-state index in [1.807, 2.05) is 91.9 Å². The summed E-state index contributed by atoms with van der Waals surface area (Å²) < 4.78 is 17.6. The van der Waals surface area contributed by atoms with Gasteiger partial charge in [0.15, 0.2) is 11.5 Å². The zero-order valence-corrected chi connectivity index (χ0v) is 20.1. The first-order valence-corrected chi connectivity index (χ1v) is 11.6. The Kier molecular flexibility index (Phi) is 8.08. The third-order valence-electron chi connectivity index (χ3n) is 4.78. The van der Waals surface area contributed by atoms with Crippen LogP contribution in [0.5, 0.6) is 23.0 Å². The highest BCUT2D eigenvalue weighted by Crippen LogP contribution is 2.37. The lowest BCUT2D eigenvalue weighted by atomic mass is 10.2. The van der Waals surface area contributed by atoms with Crippen molar-refractivity contribution < 1.29 is 14.2 Å². The van der Waals surface area contributed by atoms with Gasteiger partial charge in [0, 0.05) is 11.2 Å². The molecule has 0 heterocycles. The van der Waals surface area contributed by atoms with Crippen LogP contribution in [0.25, 0.3) is 0 Å². The Morgan fingerprint density at radius 3 is 2.29 bits per heavy atom. The van der Waals surface area contributed by atoms with Gasteiger partial charge in [-0.1, -0.05) is 53.5 Å². The molecule has 0 saturated heterocycles. The Hall–Kier alpha value is -3.47. The second-order valence-corrected chi connectivity index (χ2v) is 8.19. The summed E-state index contributed by atoms with van der Waals surface area (Å²) in [4.78, 5) is 4.55. The number of rotatable bonds is 9. The van der Waals surface area contributed by atoms with E-state index in [2.05, 4.69) is 4.99 Å². The van der Waals surface area contributed by atoms with E-state index in [4.69, 9.17) is 37.4 Å². The maximum Gasteiger partial charge on any atom is 0.180 e. The summed E-state index contributed by atoms with van der Waals surface area (Å²) in [7, 11) is 0. The predicted molar refractivity (Wildman–Crippen MR) is 139 cm³/mol. The molecule has 0 radical (unpaired) electrons. The van der Waals surface area contributed by atoms with Crippen molar-refractivity contribution in [1.29, 1.82) is 0 Å². The Morgan fingerprint density at radius 1 is 0.794 bits per heavy atom. The van der Waals surface area contributed by atoms with Crippen molar-refractivity contribution >= 4 is 35.1 Å². The van der Waals surface area contributed by atoms with E-state index in [0.29, 0.717) is 34.8 Å². The van der Waals surface area contributed by atoms with E-state index in [1.165, 1.54) is 0 Å². The number of benzene rings is 4. The fourth-order valence-electron chi connectivity index (χ4n) is 3.22. The summed E-state index contributed by atoms with van der Waals surface area (Å²) in [6, 6.07) is 28.3. The molecule has 4 aromatic rings. The summed E-state index contributed by atoms with van der Waals surface area (Å²) >= 11 is 12.6. The molecule has 0 unspecified atom stereocenters. The average Bonchev–Trinajstić information content (AvgIpc) is 2.84. The van der Waals surface area contributed by atoms with Crippen molar-refractivity contribution in [3.63, 3.8) is 0 Å². The minimum atomic E-state index is 0.325. The van der Waals surface area contributed by atoms with Crippen LogP contribution in [0.1, 0.15) is 18.1 Å². The molecule has 0 fully saturated rings. The highest BCUT2D eigenvalue weighted by atomic mass is 35.5. The van der Waals surface area contributed by atoms with Crippen molar-refractivity contribution in [2.24, 2.45) is 4.99 Å². The van der Waals surface area contributed by atoms with Gasteiger partial charge in [0.25, 0.3) is 0 Å². The van der Waals surface area contributed by atoms with Gasteiger partial charge in [-0.25, -0.2) is 0 Å².